The van der Waals surface area contributed by atoms with Crippen molar-refractivity contribution < 1.29 is 47.8 Å². The van der Waals surface area contributed by atoms with Gasteiger partial charge >= 0.3 is 0 Å². The van der Waals surface area contributed by atoms with Gasteiger partial charge in [-0.3, -0.25) is 14.4 Å². The first kappa shape index (κ1) is 29.3. The van der Waals surface area contributed by atoms with Crippen LogP contribution in [0.25, 0.3) is 0 Å². The zero-order valence-corrected chi connectivity index (χ0v) is 24.0. The number of aliphatic hydroxyl groups excluding tert-OH is 2. The summed E-state index contributed by atoms with van der Waals surface area (Å²) >= 11 is 0. The number of phenolic OH excluding ortho intramolecular Hbond substituents is 1. The Hall–Kier alpha value is -4.21. The lowest BCUT2D eigenvalue weighted by Gasteiger charge is -2.46. The standard InChI is InChI=1S/C27H30N4O10S/c1-10-23(11(2)41-30-10)42(39,40)29-9-13-7-16(31(3)4)15-6-12-5-14-8-17(32)20(26(28)37)25(36)27(14,38)24(35)18(12)22(34)19(15)21(13)33/h7,12,14,29,32-33,35,38H,5-6,8-9H2,1-4H3,(H2,28,37)/t12-,14+,27+/m1/s1. The van der Waals surface area contributed by atoms with E-state index in [1.54, 1.807) is 25.1 Å². The molecule has 1 amide bonds. The number of primary amides is 1. The Balaban J connectivity index is 1.61. The topological polar surface area (TPSA) is 234 Å². The number of amides is 1. The molecular weight excluding hydrogens is 572 g/mol. The van der Waals surface area contributed by atoms with E-state index in [0.717, 1.165) is 0 Å². The number of hydrogen-bond donors (Lipinski definition) is 6. The number of sulfonamides is 1. The summed E-state index contributed by atoms with van der Waals surface area (Å²) in [5, 5.41) is 47.9. The van der Waals surface area contributed by atoms with Gasteiger partial charge in [-0.2, -0.15) is 0 Å². The molecule has 3 aliphatic carbocycles. The highest BCUT2D eigenvalue weighted by molar-refractivity contribution is 7.89. The van der Waals surface area contributed by atoms with Gasteiger partial charge in [0.2, 0.25) is 15.8 Å². The van der Waals surface area contributed by atoms with E-state index in [0.29, 0.717) is 11.3 Å². The minimum atomic E-state index is -4.13. The van der Waals surface area contributed by atoms with Crippen molar-refractivity contribution in [1.82, 2.24) is 9.88 Å². The van der Waals surface area contributed by atoms with Gasteiger partial charge in [-0.1, -0.05) is 5.16 Å². The van der Waals surface area contributed by atoms with E-state index < -0.39 is 74.3 Å². The van der Waals surface area contributed by atoms with E-state index in [2.05, 4.69) is 9.88 Å². The lowest BCUT2D eigenvalue weighted by atomic mass is 9.60. The molecule has 14 nitrogen and oxygen atoms in total. The predicted molar refractivity (Wildman–Crippen MR) is 145 cm³/mol. The van der Waals surface area contributed by atoms with Gasteiger partial charge in [0.25, 0.3) is 5.91 Å². The fourth-order valence-electron chi connectivity index (χ4n) is 6.36. The highest BCUT2D eigenvalue weighted by Gasteiger charge is 2.59. The van der Waals surface area contributed by atoms with Crippen molar-refractivity contribution in [3.63, 3.8) is 0 Å². The third-order valence-electron chi connectivity index (χ3n) is 8.29. The van der Waals surface area contributed by atoms with Crippen molar-refractivity contribution in [2.45, 2.75) is 50.2 Å². The number of hydrogen-bond acceptors (Lipinski definition) is 12. The number of nitrogens with two attached hydrogens (primary N) is 1. The summed E-state index contributed by atoms with van der Waals surface area (Å²) in [5.41, 5.74) is 2.28. The number of aromatic hydroxyl groups is 1. The number of benzene rings is 1. The summed E-state index contributed by atoms with van der Waals surface area (Å²) in [5.74, 6) is -7.26. The SMILES string of the molecule is Cc1noc(C)c1S(=O)(=O)NCc1cc(N(C)C)c2c(c1O)C(=O)C1=C(O)[C@]3(O)C(=O)C(C(N)=O)=C(O)C[C@@H]3C[C@@H]1C2. The molecule has 1 aromatic carbocycles. The molecule has 5 rings (SSSR count). The molecule has 0 aliphatic heterocycles. The number of fused-ring (bicyclic) bond motifs is 3. The largest absolute Gasteiger partial charge is 0.511 e. The van der Waals surface area contributed by atoms with Crippen LogP contribution in [0.5, 0.6) is 5.75 Å². The average molecular weight is 603 g/mol. The number of carbonyl (C=O) groups is 3. The van der Waals surface area contributed by atoms with Gasteiger partial charge in [-0.05, 0) is 44.2 Å². The van der Waals surface area contributed by atoms with Crippen molar-refractivity contribution >= 4 is 33.2 Å². The number of phenols is 1. The second-order valence-corrected chi connectivity index (χ2v) is 12.7. The average Bonchev–Trinajstić information content (AvgIpc) is 3.23. The van der Waals surface area contributed by atoms with E-state index in [9.17, 15) is 43.2 Å². The van der Waals surface area contributed by atoms with Gasteiger partial charge in [-0.15, -0.1) is 0 Å². The maximum Gasteiger partial charge on any atom is 0.255 e. The number of Topliss-reactive ketones (excluding diaryl/α,β-unsaturated/α-hetero) is 2. The molecule has 0 saturated heterocycles. The summed E-state index contributed by atoms with van der Waals surface area (Å²) in [6, 6.07) is 1.54. The van der Waals surface area contributed by atoms with Crippen LogP contribution < -0.4 is 15.4 Å². The lowest BCUT2D eigenvalue weighted by Crippen LogP contribution is -2.57. The Kier molecular flexibility index (Phi) is 6.75. The molecule has 1 aromatic heterocycles. The first-order valence-electron chi connectivity index (χ1n) is 13.0. The smallest absolute Gasteiger partial charge is 0.255 e. The minimum absolute atomic E-state index is 0.00443. The number of aromatic nitrogens is 1. The highest BCUT2D eigenvalue weighted by atomic mass is 32.2. The number of rotatable bonds is 6. The first-order valence-corrected chi connectivity index (χ1v) is 14.5. The first-order chi connectivity index (χ1) is 19.5. The molecular formula is C27H30N4O10S. The fourth-order valence-corrected chi connectivity index (χ4v) is 7.69. The van der Waals surface area contributed by atoms with Gasteiger partial charge in [0.15, 0.2) is 17.1 Å². The summed E-state index contributed by atoms with van der Waals surface area (Å²) in [6.45, 7) is 2.47. The van der Waals surface area contributed by atoms with Gasteiger partial charge < -0.3 is 35.6 Å². The fraction of sp³-hybridized carbons (Fsp3) is 0.407. The molecule has 3 atom stereocenters. The van der Waals surface area contributed by atoms with E-state index in [4.69, 9.17) is 10.3 Å². The van der Waals surface area contributed by atoms with Crippen LogP contribution in [-0.2, 0) is 32.6 Å². The molecule has 0 saturated carbocycles. The molecule has 2 aromatic rings. The molecule has 42 heavy (non-hydrogen) atoms. The Morgan fingerprint density at radius 3 is 2.45 bits per heavy atom. The maximum atomic E-state index is 14.0. The molecule has 15 heteroatoms. The number of ketones is 2. The van der Waals surface area contributed by atoms with Crippen LogP contribution in [0.15, 0.2) is 38.1 Å². The molecule has 0 radical (unpaired) electrons. The number of nitrogens with one attached hydrogen (secondary N) is 1. The quantitative estimate of drug-likeness (QED) is 0.251. The van der Waals surface area contributed by atoms with Crippen molar-refractivity contribution in [1.29, 1.82) is 0 Å². The van der Waals surface area contributed by atoms with Crippen LogP contribution in [-0.4, -0.2) is 71.2 Å². The molecule has 224 valence electrons. The lowest BCUT2D eigenvalue weighted by molar-refractivity contribution is -0.144. The maximum absolute atomic E-state index is 14.0. The Morgan fingerprint density at radius 2 is 1.88 bits per heavy atom. The molecule has 1 heterocycles. The summed E-state index contributed by atoms with van der Waals surface area (Å²) in [4.78, 5) is 40.5. The zero-order valence-electron chi connectivity index (χ0n) is 23.2. The molecule has 3 aliphatic rings. The summed E-state index contributed by atoms with van der Waals surface area (Å²) < 4.78 is 33.3. The van der Waals surface area contributed by atoms with Crippen molar-refractivity contribution in [3.05, 3.63) is 56.9 Å². The number of aryl methyl sites for hydroxylation is 2. The normalized spacial score (nSPS) is 23.9. The number of carbonyl (C=O) groups excluding carboxylic acids is 3. The van der Waals surface area contributed by atoms with Crippen LogP contribution in [0.3, 0.4) is 0 Å². The van der Waals surface area contributed by atoms with Crippen molar-refractivity contribution in [2.75, 3.05) is 19.0 Å². The van der Waals surface area contributed by atoms with Gasteiger partial charge in [0.05, 0.1) is 5.56 Å². The van der Waals surface area contributed by atoms with Gasteiger partial charge in [0, 0.05) is 49.8 Å². The molecule has 0 fully saturated rings. The third kappa shape index (κ3) is 4.10. The number of aliphatic hydroxyl groups is 3. The number of anilines is 1. The van der Waals surface area contributed by atoms with Gasteiger partial charge in [-0.25, -0.2) is 13.1 Å². The van der Waals surface area contributed by atoms with E-state index >= 15 is 0 Å². The van der Waals surface area contributed by atoms with Crippen molar-refractivity contribution in [3.8, 4) is 5.75 Å². The monoisotopic (exact) mass is 602 g/mol. The Labute approximate surface area is 240 Å². The van der Waals surface area contributed by atoms with Crippen LogP contribution >= 0.6 is 0 Å². The van der Waals surface area contributed by atoms with Crippen LogP contribution in [0, 0.1) is 25.7 Å². The van der Waals surface area contributed by atoms with E-state index in [1.807, 2.05) is 0 Å². The zero-order chi connectivity index (χ0) is 31.0. The minimum Gasteiger partial charge on any atom is -0.511 e. The predicted octanol–water partition coefficient (Wildman–Crippen LogP) is 0.730. The molecule has 0 unspecified atom stereocenters. The summed E-state index contributed by atoms with van der Waals surface area (Å²) in [6.07, 6.45) is -0.221. The Morgan fingerprint density at radius 1 is 1.21 bits per heavy atom. The number of nitrogens with zero attached hydrogens (tertiary/aromatic N) is 2. The van der Waals surface area contributed by atoms with E-state index in [1.165, 1.54) is 13.8 Å². The number of allylic oxidation sites excluding steroid dienone is 2. The van der Waals surface area contributed by atoms with Crippen LogP contribution in [0.2, 0.25) is 0 Å². The van der Waals surface area contributed by atoms with Gasteiger partial charge in [0.1, 0.15) is 33.4 Å². The third-order valence-corrected chi connectivity index (χ3v) is 9.93. The second kappa shape index (κ2) is 9.68. The van der Waals surface area contributed by atoms with Crippen LogP contribution in [0.1, 0.15) is 45.8 Å². The second-order valence-electron chi connectivity index (χ2n) is 11.0. The van der Waals surface area contributed by atoms with Crippen molar-refractivity contribution in [2.24, 2.45) is 17.6 Å². The molecule has 7 N–H and O–H groups in total. The highest BCUT2D eigenvalue weighted by Crippen LogP contribution is 2.52. The van der Waals surface area contributed by atoms with Crippen LogP contribution in [0.4, 0.5) is 5.69 Å². The van der Waals surface area contributed by atoms with E-state index in [-0.39, 0.29) is 52.3 Å². The molecule has 0 spiro atoms. The molecule has 0 bridgehead atoms. The summed E-state index contributed by atoms with van der Waals surface area (Å²) in [7, 11) is -0.732. The Bertz CT molecular complexity index is 1730.